The van der Waals surface area contributed by atoms with E-state index in [0.717, 1.165) is 18.7 Å². The van der Waals surface area contributed by atoms with Gasteiger partial charge in [0.15, 0.2) is 0 Å². The maximum atomic E-state index is 12.8. The Morgan fingerprint density at radius 3 is 2.52 bits per heavy atom. The van der Waals surface area contributed by atoms with Gasteiger partial charge in [0.2, 0.25) is 11.7 Å². The molecule has 1 amide bonds. The second-order valence-electron chi connectivity index (χ2n) is 7.15. The number of piperazine rings is 1. The summed E-state index contributed by atoms with van der Waals surface area (Å²) < 4.78 is 10.7. The summed E-state index contributed by atoms with van der Waals surface area (Å²) in [6, 6.07) is 15.4. The number of ether oxygens (including phenoxy) is 1. The lowest BCUT2D eigenvalue weighted by atomic mass is 10.1. The van der Waals surface area contributed by atoms with E-state index in [1.165, 1.54) is 5.56 Å². The Labute approximate surface area is 169 Å². The lowest BCUT2D eigenvalue weighted by Gasteiger charge is -2.34. The second kappa shape index (κ2) is 8.45. The molecule has 0 radical (unpaired) electrons. The Bertz CT molecular complexity index is 976. The van der Waals surface area contributed by atoms with Gasteiger partial charge in [0.05, 0.1) is 19.2 Å². The zero-order valence-corrected chi connectivity index (χ0v) is 16.7. The molecule has 4 rings (SSSR count). The zero-order valence-electron chi connectivity index (χ0n) is 16.7. The largest absolute Gasteiger partial charge is 0.496 e. The first-order chi connectivity index (χ1) is 14.1. The van der Waals surface area contributed by atoms with Crippen LogP contribution in [0.5, 0.6) is 5.75 Å². The molecule has 150 valence electrons. The monoisotopic (exact) mass is 392 g/mol. The highest BCUT2D eigenvalue weighted by atomic mass is 16.5. The van der Waals surface area contributed by atoms with Crippen molar-refractivity contribution in [3.05, 3.63) is 65.5 Å². The Kier molecular flexibility index (Phi) is 5.57. The van der Waals surface area contributed by atoms with E-state index in [9.17, 15) is 4.79 Å². The molecule has 0 aliphatic carbocycles. The predicted molar refractivity (Wildman–Crippen MR) is 109 cm³/mol. The van der Waals surface area contributed by atoms with Gasteiger partial charge in [-0.25, -0.2) is 0 Å². The standard InChI is InChI=1S/C22H24N4O3/c1-16-7-9-17(10-8-16)21-23-20(29-24-21)15-25-11-13-26(14-12-25)22(27)18-5-3-4-6-19(18)28-2/h3-10H,11-15H2,1-2H3. The maximum Gasteiger partial charge on any atom is 0.257 e. The van der Waals surface area contributed by atoms with Crippen LogP contribution in [0.4, 0.5) is 0 Å². The van der Waals surface area contributed by atoms with E-state index in [1.54, 1.807) is 13.2 Å². The molecule has 0 N–H and O–H groups in total. The van der Waals surface area contributed by atoms with Gasteiger partial charge in [-0.05, 0) is 19.1 Å². The van der Waals surface area contributed by atoms with Crippen molar-refractivity contribution in [3.8, 4) is 17.1 Å². The quantitative estimate of drug-likeness (QED) is 0.665. The van der Waals surface area contributed by atoms with Crippen LogP contribution in [0.3, 0.4) is 0 Å². The summed E-state index contributed by atoms with van der Waals surface area (Å²) in [5.74, 6) is 1.80. The van der Waals surface area contributed by atoms with E-state index in [2.05, 4.69) is 15.0 Å². The number of benzene rings is 2. The van der Waals surface area contributed by atoms with Crippen LogP contribution in [0.15, 0.2) is 53.1 Å². The number of hydrogen-bond acceptors (Lipinski definition) is 6. The van der Waals surface area contributed by atoms with Gasteiger partial charge in [0, 0.05) is 31.7 Å². The van der Waals surface area contributed by atoms with Crippen LogP contribution in [0.1, 0.15) is 21.8 Å². The number of carbonyl (C=O) groups is 1. The third-order valence-electron chi connectivity index (χ3n) is 5.13. The number of aromatic nitrogens is 2. The molecule has 2 heterocycles. The summed E-state index contributed by atoms with van der Waals surface area (Å²) in [6.07, 6.45) is 0. The van der Waals surface area contributed by atoms with Gasteiger partial charge in [0.25, 0.3) is 5.91 Å². The molecule has 1 fully saturated rings. The van der Waals surface area contributed by atoms with E-state index < -0.39 is 0 Å². The average molecular weight is 392 g/mol. The first-order valence-corrected chi connectivity index (χ1v) is 9.68. The molecule has 1 aliphatic rings. The van der Waals surface area contributed by atoms with Gasteiger partial charge in [0.1, 0.15) is 5.75 Å². The van der Waals surface area contributed by atoms with Crippen LogP contribution in [0.2, 0.25) is 0 Å². The maximum absolute atomic E-state index is 12.8. The molecule has 0 saturated carbocycles. The lowest BCUT2D eigenvalue weighted by Crippen LogP contribution is -2.48. The molecule has 2 aromatic carbocycles. The fraction of sp³-hybridized carbons (Fsp3) is 0.318. The van der Waals surface area contributed by atoms with Crippen LogP contribution >= 0.6 is 0 Å². The summed E-state index contributed by atoms with van der Waals surface area (Å²) in [7, 11) is 1.58. The summed E-state index contributed by atoms with van der Waals surface area (Å²) in [6.45, 7) is 5.43. The fourth-order valence-corrected chi connectivity index (χ4v) is 3.43. The first kappa shape index (κ1) is 19.1. The minimum Gasteiger partial charge on any atom is -0.496 e. The molecule has 1 aliphatic heterocycles. The molecule has 7 nitrogen and oxygen atoms in total. The minimum absolute atomic E-state index is 0.00143. The third-order valence-corrected chi connectivity index (χ3v) is 5.13. The molecule has 7 heteroatoms. The third kappa shape index (κ3) is 4.30. The predicted octanol–water partition coefficient (Wildman–Crippen LogP) is 3.01. The van der Waals surface area contributed by atoms with Crippen LogP contribution in [0.25, 0.3) is 11.4 Å². The van der Waals surface area contributed by atoms with Gasteiger partial charge in [-0.2, -0.15) is 4.98 Å². The van der Waals surface area contributed by atoms with Crippen molar-refractivity contribution < 1.29 is 14.1 Å². The number of carbonyl (C=O) groups excluding carboxylic acids is 1. The molecule has 1 saturated heterocycles. The Balaban J connectivity index is 1.34. The Hall–Kier alpha value is -3.19. The highest BCUT2D eigenvalue weighted by molar-refractivity contribution is 5.97. The highest BCUT2D eigenvalue weighted by Gasteiger charge is 2.25. The molecule has 0 atom stereocenters. The number of aryl methyl sites for hydroxylation is 1. The van der Waals surface area contributed by atoms with Crippen LogP contribution in [-0.4, -0.2) is 59.1 Å². The molecule has 0 spiro atoms. The van der Waals surface area contributed by atoms with Gasteiger partial charge in [-0.15, -0.1) is 0 Å². The van der Waals surface area contributed by atoms with Crippen molar-refractivity contribution in [2.24, 2.45) is 0 Å². The van der Waals surface area contributed by atoms with E-state index in [0.29, 0.717) is 42.7 Å². The Morgan fingerprint density at radius 2 is 1.79 bits per heavy atom. The number of amides is 1. The van der Waals surface area contributed by atoms with Crippen molar-refractivity contribution in [1.29, 1.82) is 0 Å². The fourth-order valence-electron chi connectivity index (χ4n) is 3.43. The molecule has 29 heavy (non-hydrogen) atoms. The van der Waals surface area contributed by atoms with Gasteiger partial charge >= 0.3 is 0 Å². The minimum atomic E-state index is 0.00143. The van der Waals surface area contributed by atoms with E-state index in [1.807, 2.05) is 54.3 Å². The molecule has 1 aromatic heterocycles. The first-order valence-electron chi connectivity index (χ1n) is 9.68. The number of rotatable bonds is 5. The summed E-state index contributed by atoms with van der Waals surface area (Å²) in [4.78, 5) is 21.4. The molecule has 3 aromatic rings. The van der Waals surface area contributed by atoms with Crippen molar-refractivity contribution in [3.63, 3.8) is 0 Å². The number of para-hydroxylation sites is 1. The van der Waals surface area contributed by atoms with Crippen molar-refractivity contribution >= 4 is 5.91 Å². The van der Waals surface area contributed by atoms with Crippen molar-refractivity contribution in [1.82, 2.24) is 19.9 Å². The van der Waals surface area contributed by atoms with E-state index in [4.69, 9.17) is 9.26 Å². The average Bonchev–Trinajstić information content (AvgIpc) is 3.22. The molecular formula is C22H24N4O3. The van der Waals surface area contributed by atoms with Crippen LogP contribution < -0.4 is 4.74 Å². The van der Waals surface area contributed by atoms with Gasteiger partial charge < -0.3 is 14.2 Å². The number of nitrogens with zero attached hydrogens (tertiary/aromatic N) is 4. The summed E-state index contributed by atoms with van der Waals surface area (Å²) in [5, 5.41) is 4.09. The van der Waals surface area contributed by atoms with Crippen LogP contribution in [-0.2, 0) is 6.54 Å². The smallest absolute Gasteiger partial charge is 0.257 e. The van der Waals surface area contributed by atoms with E-state index in [-0.39, 0.29) is 5.91 Å². The lowest BCUT2D eigenvalue weighted by molar-refractivity contribution is 0.0612. The van der Waals surface area contributed by atoms with Gasteiger partial charge in [-0.3, -0.25) is 9.69 Å². The number of hydrogen-bond donors (Lipinski definition) is 0. The SMILES string of the molecule is COc1ccccc1C(=O)N1CCN(Cc2nc(-c3ccc(C)cc3)no2)CC1. The second-order valence-corrected chi connectivity index (χ2v) is 7.15. The van der Waals surface area contributed by atoms with Gasteiger partial charge in [-0.1, -0.05) is 47.1 Å². The molecular weight excluding hydrogens is 368 g/mol. The topological polar surface area (TPSA) is 71.7 Å². The van der Waals surface area contributed by atoms with Crippen molar-refractivity contribution in [2.45, 2.75) is 13.5 Å². The molecule has 0 bridgehead atoms. The summed E-state index contributed by atoms with van der Waals surface area (Å²) in [5.41, 5.74) is 2.74. The van der Waals surface area contributed by atoms with Crippen molar-refractivity contribution in [2.75, 3.05) is 33.3 Å². The highest BCUT2D eigenvalue weighted by Crippen LogP contribution is 2.21. The number of methoxy groups -OCH3 is 1. The Morgan fingerprint density at radius 1 is 1.07 bits per heavy atom. The summed E-state index contributed by atoms with van der Waals surface area (Å²) >= 11 is 0. The normalized spacial score (nSPS) is 14.8. The van der Waals surface area contributed by atoms with E-state index >= 15 is 0 Å². The molecule has 0 unspecified atom stereocenters. The van der Waals surface area contributed by atoms with Crippen LogP contribution in [0, 0.1) is 6.92 Å². The zero-order chi connectivity index (χ0) is 20.2.